The molecule has 2 aromatic carbocycles. The molecule has 10 heteroatoms. The standard InChI is InChI=1S/C26H18F4N4O2/c27-21-13-20(26(28,29)30)18(22-8-4-5-9-32-22)12-19(21)25(36)34-23-14-33-16(11-24(31)35)10-17(23)15-6-2-1-3-7-15/h1-10,12-14H,11H2,(H2,31,35)(H,34,36). The first-order valence-electron chi connectivity index (χ1n) is 10.6. The summed E-state index contributed by atoms with van der Waals surface area (Å²) in [7, 11) is 0. The minimum absolute atomic E-state index is 0.0682. The molecule has 0 saturated carbocycles. The zero-order valence-corrected chi connectivity index (χ0v) is 18.5. The highest BCUT2D eigenvalue weighted by Crippen LogP contribution is 2.38. The number of amides is 2. The van der Waals surface area contributed by atoms with Crippen molar-refractivity contribution in [2.45, 2.75) is 12.6 Å². The quantitative estimate of drug-likeness (QED) is 0.358. The van der Waals surface area contributed by atoms with Crippen LogP contribution in [0.1, 0.15) is 21.6 Å². The molecule has 0 radical (unpaired) electrons. The second-order valence-corrected chi connectivity index (χ2v) is 7.77. The van der Waals surface area contributed by atoms with Gasteiger partial charge in [0.15, 0.2) is 0 Å². The fourth-order valence-corrected chi connectivity index (χ4v) is 3.64. The number of benzene rings is 2. The van der Waals surface area contributed by atoms with Crippen LogP contribution in [-0.2, 0) is 17.4 Å². The van der Waals surface area contributed by atoms with Crippen molar-refractivity contribution in [3.8, 4) is 22.4 Å². The second kappa shape index (κ2) is 9.95. The van der Waals surface area contributed by atoms with Crippen LogP contribution < -0.4 is 11.1 Å². The summed E-state index contributed by atoms with van der Waals surface area (Å²) in [5.74, 6) is -2.94. The number of alkyl halides is 3. The molecule has 2 heterocycles. The van der Waals surface area contributed by atoms with E-state index in [1.807, 2.05) is 0 Å². The summed E-state index contributed by atoms with van der Waals surface area (Å²) in [6.07, 6.45) is -2.44. The number of hydrogen-bond acceptors (Lipinski definition) is 4. The molecule has 0 bridgehead atoms. The van der Waals surface area contributed by atoms with Gasteiger partial charge in [-0.1, -0.05) is 36.4 Å². The van der Waals surface area contributed by atoms with Crippen LogP contribution in [-0.4, -0.2) is 21.8 Å². The normalized spacial score (nSPS) is 11.2. The monoisotopic (exact) mass is 494 g/mol. The Hall–Kier alpha value is -4.60. The van der Waals surface area contributed by atoms with Crippen molar-refractivity contribution in [3.05, 3.63) is 102 Å². The van der Waals surface area contributed by atoms with Gasteiger partial charge in [0.05, 0.1) is 40.8 Å². The van der Waals surface area contributed by atoms with E-state index in [4.69, 9.17) is 5.73 Å². The van der Waals surface area contributed by atoms with E-state index in [9.17, 15) is 27.2 Å². The molecule has 2 aromatic heterocycles. The lowest BCUT2D eigenvalue weighted by molar-refractivity contribution is -0.137. The largest absolute Gasteiger partial charge is 0.417 e. The van der Waals surface area contributed by atoms with Crippen LogP contribution in [0.25, 0.3) is 22.4 Å². The molecule has 4 rings (SSSR count). The molecule has 0 aliphatic heterocycles. The van der Waals surface area contributed by atoms with Gasteiger partial charge in [0.1, 0.15) is 5.82 Å². The van der Waals surface area contributed by atoms with Gasteiger partial charge in [-0.25, -0.2) is 4.39 Å². The SMILES string of the molecule is NC(=O)Cc1cc(-c2ccccc2)c(NC(=O)c2cc(-c3ccccn3)c(C(F)(F)F)cc2F)cn1. The molecule has 4 aromatic rings. The Bertz CT molecular complexity index is 1430. The number of rotatable bonds is 6. The summed E-state index contributed by atoms with van der Waals surface area (Å²) in [4.78, 5) is 32.4. The van der Waals surface area contributed by atoms with Crippen LogP contribution >= 0.6 is 0 Å². The molecular weight excluding hydrogens is 476 g/mol. The zero-order chi connectivity index (χ0) is 25.9. The van der Waals surface area contributed by atoms with Crippen LogP contribution in [0.15, 0.2) is 79.1 Å². The number of pyridine rings is 2. The fraction of sp³-hybridized carbons (Fsp3) is 0.0769. The van der Waals surface area contributed by atoms with Crippen molar-refractivity contribution in [2.24, 2.45) is 5.73 Å². The van der Waals surface area contributed by atoms with Gasteiger partial charge < -0.3 is 11.1 Å². The fourth-order valence-electron chi connectivity index (χ4n) is 3.64. The van der Waals surface area contributed by atoms with E-state index in [2.05, 4.69) is 15.3 Å². The van der Waals surface area contributed by atoms with E-state index < -0.39 is 40.5 Å². The molecule has 0 spiro atoms. The van der Waals surface area contributed by atoms with E-state index in [1.54, 1.807) is 36.4 Å². The van der Waals surface area contributed by atoms with Gasteiger partial charge in [-0.15, -0.1) is 0 Å². The van der Waals surface area contributed by atoms with Crippen molar-refractivity contribution in [3.63, 3.8) is 0 Å². The second-order valence-electron chi connectivity index (χ2n) is 7.77. The molecule has 6 nitrogen and oxygen atoms in total. The Labute approximate surface area is 202 Å². The highest BCUT2D eigenvalue weighted by molar-refractivity contribution is 6.07. The van der Waals surface area contributed by atoms with Crippen LogP contribution in [0.5, 0.6) is 0 Å². The molecule has 0 saturated heterocycles. The molecule has 36 heavy (non-hydrogen) atoms. The molecule has 0 fully saturated rings. The minimum atomic E-state index is -4.87. The maximum Gasteiger partial charge on any atom is 0.417 e. The summed E-state index contributed by atoms with van der Waals surface area (Å²) < 4.78 is 55.7. The topological polar surface area (TPSA) is 98.0 Å². The van der Waals surface area contributed by atoms with Crippen LogP contribution in [0.4, 0.5) is 23.2 Å². The number of aromatic nitrogens is 2. The Morgan fingerprint density at radius 2 is 1.64 bits per heavy atom. The van der Waals surface area contributed by atoms with Gasteiger partial charge in [0.2, 0.25) is 5.91 Å². The number of carbonyl (C=O) groups excluding carboxylic acids is 2. The van der Waals surface area contributed by atoms with Gasteiger partial charge in [-0.2, -0.15) is 13.2 Å². The van der Waals surface area contributed by atoms with Gasteiger partial charge in [0, 0.05) is 17.3 Å². The Morgan fingerprint density at radius 1 is 0.917 bits per heavy atom. The first-order valence-corrected chi connectivity index (χ1v) is 10.6. The minimum Gasteiger partial charge on any atom is -0.369 e. The third-order valence-electron chi connectivity index (χ3n) is 5.25. The number of hydrogen-bond donors (Lipinski definition) is 2. The highest BCUT2D eigenvalue weighted by Gasteiger charge is 2.36. The van der Waals surface area contributed by atoms with E-state index in [0.717, 1.165) is 6.07 Å². The molecule has 0 unspecified atom stereocenters. The van der Waals surface area contributed by atoms with Crippen molar-refractivity contribution in [1.29, 1.82) is 0 Å². The molecule has 0 aliphatic carbocycles. The lowest BCUT2D eigenvalue weighted by Gasteiger charge is -2.16. The van der Waals surface area contributed by atoms with Crippen LogP contribution in [0.3, 0.4) is 0 Å². The van der Waals surface area contributed by atoms with Crippen molar-refractivity contribution in [2.75, 3.05) is 5.32 Å². The van der Waals surface area contributed by atoms with Gasteiger partial charge in [-0.05, 0) is 35.9 Å². The molecule has 3 N–H and O–H groups in total. The van der Waals surface area contributed by atoms with Crippen molar-refractivity contribution in [1.82, 2.24) is 9.97 Å². The summed E-state index contributed by atoms with van der Waals surface area (Å²) in [5.41, 5.74) is 4.52. The number of halogens is 4. The Kier molecular flexibility index (Phi) is 6.77. The maximum atomic E-state index is 14.8. The smallest absolute Gasteiger partial charge is 0.369 e. The number of carbonyl (C=O) groups is 2. The molecule has 0 atom stereocenters. The van der Waals surface area contributed by atoms with E-state index in [-0.39, 0.29) is 23.9 Å². The maximum absolute atomic E-state index is 14.8. The summed E-state index contributed by atoms with van der Waals surface area (Å²) in [5, 5.41) is 2.52. The Morgan fingerprint density at radius 3 is 2.28 bits per heavy atom. The number of primary amides is 1. The summed E-state index contributed by atoms with van der Waals surface area (Å²) >= 11 is 0. The Balaban J connectivity index is 1.77. The third-order valence-corrected chi connectivity index (χ3v) is 5.25. The highest BCUT2D eigenvalue weighted by atomic mass is 19.4. The first kappa shape index (κ1) is 24.5. The van der Waals surface area contributed by atoms with E-state index >= 15 is 0 Å². The predicted molar refractivity (Wildman–Crippen MR) is 125 cm³/mol. The number of nitrogens with two attached hydrogens (primary N) is 1. The molecule has 2 amide bonds. The average Bonchev–Trinajstić information content (AvgIpc) is 2.85. The molecule has 182 valence electrons. The third kappa shape index (κ3) is 5.38. The number of nitrogens with zero attached hydrogens (tertiary/aromatic N) is 2. The van der Waals surface area contributed by atoms with Gasteiger partial charge in [-0.3, -0.25) is 19.6 Å². The summed E-state index contributed by atoms with van der Waals surface area (Å²) in [6.45, 7) is 0. The molecule has 0 aliphatic rings. The number of nitrogens with one attached hydrogen (secondary N) is 1. The van der Waals surface area contributed by atoms with E-state index in [0.29, 0.717) is 16.8 Å². The van der Waals surface area contributed by atoms with Crippen molar-refractivity contribution < 1.29 is 27.2 Å². The predicted octanol–water partition coefficient (Wildman–Crippen LogP) is 5.25. The lowest BCUT2D eigenvalue weighted by atomic mass is 9.98. The first-order chi connectivity index (χ1) is 17.1. The summed E-state index contributed by atoms with van der Waals surface area (Å²) in [6, 6.07) is 15.8. The van der Waals surface area contributed by atoms with Crippen LogP contribution in [0.2, 0.25) is 0 Å². The average molecular weight is 494 g/mol. The lowest BCUT2D eigenvalue weighted by Crippen LogP contribution is -2.18. The van der Waals surface area contributed by atoms with Crippen molar-refractivity contribution >= 4 is 17.5 Å². The molecular formula is C26H18F4N4O2. The van der Waals surface area contributed by atoms with E-state index in [1.165, 1.54) is 30.6 Å². The van der Waals surface area contributed by atoms with Crippen LogP contribution in [0, 0.1) is 5.82 Å². The van der Waals surface area contributed by atoms with Gasteiger partial charge in [0.25, 0.3) is 5.91 Å². The van der Waals surface area contributed by atoms with Gasteiger partial charge >= 0.3 is 6.18 Å². The number of anilines is 1. The zero-order valence-electron chi connectivity index (χ0n) is 18.5.